The van der Waals surface area contributed by atoms with E-state index >= 15 is 0 Å². The molecular weight excluding hydrogens is 755 g/mol. The summed E-state index contributed by atoms with van der Waals surface area (Å²) in [5.41, 5.74) is 1.74. The topological polar surface area (TPSA) is 198 Å². The van der Waals surface area contributed by atoms with Gasteiger partial charge in [0.2, 0.25) is 21.8 Å². The standard InChI is InChI=1S/C41H55N5O10S/c1-25(2)17-29(47)12-15-33-36(49)46-22-30(18-34(46)35(48)43-41(19-26(3)20-41)37(50)44-57(53,54)31-13-14-31)56-39(52)45-21-28-11-8-10-27(32(28)23-45)9-6-7-16-40(4,5)24-55-38(51)42-33/h6,8-11,17,26,30-31,33-34H,7,12-16,18-24H2,1-5H3,(H,42,51)(H,43,48)(H,44,50)/b9-6+/t26?,30-,33+,34+,41?/m1/s1. The van der Waals surface area contributed by atoms with Crippen LogP contribution < -0.4 is 15.4 Å². The summed E-state index contributed by atoms with van der Waals surface area (Å²) in [7, 11) is -3.92. The monoisotopic (exact) mass is 809 g/mol. The normalized spacial score (nSPS) is 28.2. The van der Waals surface area contributed by atoms with Crippen molar-refractivity contribution in [1.29, 1.82) is 0 Å². The molecule has 3 heterocycles. The minimum atomic E-state index is -3.92. The molecule has 15 nitrogen and oxygen atoms in total. The van der Waals surface area contributed by atoms with Crippen LogP contribution in [-0.4, -0.2) is 96.0 Å². The van der Waals surface area contributed by atoms with Crippen LogP contribution in [0.1, 0.15) is 109 Å². The average molecular weight is 810 g/mol. The number of fused-ring (bicyclic) bond motifs is 3. The summed E-state index contributed by atoms with van der Waals surface area (Å²) in [4.78, 5) is 85.0. The van der Waals surface area contributed by atoms with Crippen LogP contribution in [0.4, 0.5) is 9.59 Å². The van der Waals surface area contributed by atoms with Crippen molar-refractivity contribution in [2.75, 3.05) is 13.2 Å². The SMILES string of the molecule is CC(C)=CC(=O)CC[C@@H]1NC(=O)OCC(C)(C)CC/C=C/c2cccc3c2CN(C3)C(=O)O[C@@H]2C[C@@H](C(=O)NC3(C(=O)NS(=O)(=O)C4CC4)CC(C)C3)N(C2)C1=O. The van der Waals surface area contributed by atoms with E-state index in [1.807, 2.05) is 45.0 Å². The van der Waals surface area contributed by atoms with Gasteiger partial charge in [-0.2, -0.15) is 0 Å². The highest BCUT2D eigenvalue weighted by molar-refractivity contribution is 7.91. The van der Waals surface area contributed by atoms with Gasteiger partial charge in [0.1, 0.15) is 23.7 Å². The molecule has 5 amide bonds. The van der Waals surface area contributed by atoms with Crippen molar-refractivity contribution in [2.24, 2.45) is 11.3 Å². The van der Waals surface area contributed by atoms with Gasteiger partial charge in [-0.15, -0.1) is 0 Å². The van der Waals surface area contributed by atoms with Crippen molar-refractivity contribution < 1.29 is 46.7 Å². The minimum Gasteiger partial charge on any atom is -0.449 e. The Balaban J connectivity index is 1.29. The maximum absolute atomic E-state index is 14.6. The van der Waals surface area contributed by atoms with Gasteiger partial charge in [0.25, 0.3) is 5.91 Å². The van der Waals surface area contributed by atoms with Gasteiger partial charge in [-0.3, -0.25) is 28.8 Å². The highest BCUT2D eigenvalue weighted by Crippen LogP contribution is 2.39. The maximum atomic E-state index is 14.6. The summed E-state index contributed by atoms with van der Waals surface area (Å²) >= 11 is 0. The average Bonchev–Trinajstić information content (AvgIpc) is 3.77. The largest absolute Gasteiger partial charge is 0.449 e. The quantitative estimate of drug-likeness (QED) is 0.304. The predicted octanol–water partition coefficient (Wildman–Crippen LogP) is 4.25. The van der Waals surface area contributed by atoms with Crippen molar-refractivity contribution in [3.05, 3.63) is 52.6 Å². The first-order chi connectivity index (χ1) is 26.8. The summed E-state index contributed by atoms with van der Waals surface area (Å²) < 4.78 is 39.3. The van der Waals surface area contributed by atoms with Crippen LogP contribution in [0.15, 0.2) is 35.9 Å². The lowest BCUT2D eigenvalue weighted by Crippen LogP contribution is -2.68. The number of allylic oxidation sites excluding steroid dienone is 3. The lowest BCUT2D eigenvalue weighted by atomic mass is 9.68. The molecule has 0 radical (unpaired) electrons. The Morgan fingerprint density at radius 2 is 1.81 bits per heavy atom. The second-order valence-corrected chi connectivity index (χ2v) is 19.4. The van der Waals surface area contributed by atoms with Crippen LogP contribution >= 0.6 is 0 Å². The molecule has 3 aliphatic heterocycles. The number of nitrogens with one attached hydrogen (secondary N) is 3. The van der Waals surface area contributed by atoms with E-state index in [9.17, 15) is 37.2 Å². The van der Waals surface area contributed by atoms with E-state index in [-0.39, 0.29) is 57.0 Å². The summed E-state index contributed by atoms with van der Waals surface area (Å²) in [6.07, 6.45) is 5.34. The lowest BCUT2D eigenvalue weighted by Gasteiger charge is -2.46. The van der Waals surface area contributed by atoms with Gasteiger partial charge >= 0.3 is 12.2 Å². The van der Waals surface area contributed by atoms with Gasteiger partial charge in [-0.1, -0.05) is 56.7 Å². The molecule has 2 aliphatic carbocycles. The molecule has 0 spiro atoms. The van der Waals surface area contributed by atoms with Crippen LogP contribution in [0.3, 0.4) is 0 Å². The molecule has 1 aromatic carbocycles. The van der Waals surface area contributed by atoms with Crippen molar-refractivity contribution in [3.63, 3.8) is 0 Å². The first-order valence-corrected chi connectivity index (χ1v) is 21.4. The number of rotatable bonds is 9. The molecule has 57 heavy (non-hydrogen) atoms. The number of nitrogens with zero attached hydrogens (tertiary/aromatic N) is 2. The van der Waals surface area contributed by atoms with E-state index in [0.29, 0.717) is 38.8 Å². The lowest BCUT2D eigenvalue weighted by molar-refractivity contribution is -0.144. The number of hydrogen-bond acceptors (Lipinski definition) is 10. The Morgan fingerprint density at radius 1 is 1.07 bits per heavy atom. The molecule has 3 fully saturated rings. The fourth-order valence-corrected chi connectivity index (χ4v) is 9.52. The number of alkyl carbamates (subject to hydrolysis) is 1. The minimum absolute atomic E-state index is 0.00263. The van der Waals surface area contributed by atoms with Gasteiger partial charge < -0.3 is 25.0 Å². The first-order valence-electron chi connectivity index (χ1n) is 19.9. The van der Waals surface area contributed by atoms with Crippen LogP contribution in [-0.2, 0) is 51.8 Å². The third-order valence-electron chi connectivity index (χ3n) is 11.4. The molecule has 4 bridgehead atoms. The number of carbonyl (C=O) groups is 6. The van der Waals surface area contributed by atoms with E-state index in [1.54, 1.807) is 18.7 Å². The smallest absolute Gasteiger partial charge is 0.410 e. The Hall–Kier alpha value is -4.73. The Labute approximate surface area is 334 Å². The molecule has 310 valence electrons. The Bertz CT molecular complexity index is 1960. The number of amides is 5. The number of sulfonamides is 1. The van der Waals surface area contributed by atoms with Crippen LogP contribution in [0, 0.1) is 11.3 Å². The molecular formula is C41H55N5O10S. The molecule has 16 heteroatoms. The van der Waals surface area contributed by atoms with Gasteiger partial charge in [-0.05, 0) is 92.9 Å². The molecule has 5 aliphatic rings. The van der Waals surface area contributed by atoms with Gasteiger partial charge in [0.15, 0.2) is 5.78 Å². The van der Waals surface area contributed by atoms with Gasteiger partial charge in [0, 0.05) is 19.4 Å². The summed E-state index contributed by atoms with van der Waals surface area (Å²) in [6.45, 7) is 9.79. The van der Waals surface area contributed by atoms with E-state index in [0.717, 1.165) is 22.3 Å². The van der Waals surface area contributed by atoms with E-state index < -0.39 is 74.3 Å². The van der Waals surface area contributed by atoms with Crippen molar-refractivity contribution in [2.45, 2.75) is 134 Å². The number of hydrogen-bond donors (Lipinski definition) is 3. The summed E-state index contributed by atoms with van der Waals surface area (Å²) in [5.74, 6) is -2.54. The highest BCUT2D eigenvalue weighted by Gasteiger charge is 2.54. The first kappa shape index (κ1) is 41.9. The Morgan fingerprint density at radius 3 is 2.49 bits per heavy atom. The number of cyclic esters (lactones) is 1. The maximum Gasteiger partial charge on any atom is 0.410 e. The molecule has 6 rings (SSSR count). The number of ketones is 1. The molecule has 0 aromatic heterocycles. The molecule has 3 atom stereocenters. The van der Waals surface area contributed by atoms with Crippen LogP contribution in [0.2, 0.25) is 0 Å². The van der Waals surface area contributed by atoms with Crippen molar-refractivity contribution in [1.82, 2.24) is 25.2 Å². The van der Waals surface area contributed by atoms with Crippen molar-refractivity contribution in [3.8, 4) is 0 Å². The number of ether oxygens (including phenoxy) is 2. The zero-order chi connectivity index (χ0) is 41.3. The van der Waals surface area contributed by atoms with E-state index in [1.165, 1.54) is 11.0 Å². The molecule has 0 unspecified atom stereocenters. The van der Waals surface area contributed by atoms with Crippen LogP contribution in [0.25, 0.3) is 6.08 Å². The zero-order valence-electron chi connectivity index (χ0n) is 33.4. The highest BCUT2D eigenvalue weighted by atomic mass is 32.2. The van der Waals surface area contributed by atoms with Gasteiger partial charge in [-0.25, -0.2) is 18.0 Å². The molecule has 1 saturated heterocycles. The van der Waals surface area contributed by atoms with Crippen molar-refractivity contribution >= 4 is 51.8 Å². The molecule has 3 N–H and O–H groups in total. The third kappa shape index (κ3) is 10.1. The fourth-order valence-electron chi connectivity index (χ4n) is 8.15. The van der Waals surface area contributed by atoms with E-state index in [2.05, 4.69) is 21.4 Å². The fraction of sp³-hybridized carbons (Fsp3) is 0.610. The zero-order valence-corrected chi connectivity index (χ0v) is 34.2. The second-order valence-electron chi connectivity index (χ2n) is 17.5. The number of carbonyl (C=O) groups excluding carboxylic acids is 6. The molecule has 1 aromatic rings. The third-order valence-corrected chi connectivity index (χ3v) is 13.2. The van der Waals surface area contributed by atoms with E-state index in [4.69, 9.17) is 9.47 Å². The predicted molar refractivity (Wildman–Crippen MR) is 209 cm³/mol. The van der Waals surface area contributed by atoms with Gasteiger partial charge in [0.05, 0.1) is 24.9 Å². The Kier molecular flexibility index (Phi) is 12.2. The second kappa shape index (κ2) is 16.6. The van der Waals surface area contributed by atoms with Crippen LogP contribution in [0.5, 0.6) is 0 Å². The summed E-state index contributed by atoms with van der Waals surface area (Å²) in [6, 6.07) is 3.31. The molecule has 2 saturated carbocycles. The number of benzene rings is 1. The summed E-state index contributed by atoms with van der Waals surface area (Å²) in [5, 5.41) is 4.76.